The second kappa shape index (κ2) is 2.59. The van der Waals surface area contributed by atoms with Gasteiger partial charge >= 0.3 is 5.97 Å². The van der Waals surface area contributed by atoms with Crippen LogP contribution in [0.15, 0.2) is 0 Å². The number of aromatic nitrogens is 2. The lowest BCUT2D eigenvalue weighted by Gasteiger charge is -2.04. The Balaban J connectivity index is 2.05. The van der Waals surface area contributed by atoms with Crippen LogP contribution in [-0.4, -0.2) is 21.3 Å². The molecule has 1 aromatic rings. The van der Waals surface area contributed by atoms with Gasteiger partial charge in [-0.1, -0.05) is 0 Å². The fourth-order valence-electron chi connectivity index (χ4n) is 2.33. The number of aryl methyl sites for hydroxylation is 1. The van der Waals surface area contributed by atoms with E-state index in [1.165, 1.54) is 12.8 Å². The van der Waals surface area contributed by atoms with E-state index in [2.05, 4.69) is 10.2 Å². The molecule has 1 aromatic heterocycles. The predicted molar refractivity (Wildman–Crippen MR) is 49.3 cm³/mol. The second-order valence-electron chi connectivity index (χ2n) is 4.20. The van der Waals surface area contributed by atoms with Gasteiger partial charge in [0, 0.05) is 17.2 Å². The first-order valence-corrected chi connectivity index (χ1v) is 5.07. The molecule has 3 rings (SSSR count). The fraction of sp³-hybridized carbons (Fsp3) is 0.600. The summed E-state index contributed by atoms with van der Waals surface area (Å²) in [5.74, 6) is -0.471. The molecule has 1 atom stereocenters. The Labute approximate surface area is 81.3 Å². The maximum Gasteiger partial charge on any atom is 0.311 e. The van der Waals surface area contributed by atoms with Gasteiger partial charge in [-0.2, -0.15) is 5.10 Å². The molecule has 2 aliphatic rings. The summed E-state index contributed by atoms with van der Waals surface area (Å²) in [6.07, 6.45) is 3.91. The minimum absolute atomic E-state index is 0.306. The number of nitrogens with one attached hydrogen (secondary N) is 1. The highest BCUT2D eigenvalue weighted by molar-refractivity contribution is 5.78. The number of hydrogen-bond donors (Lipinski definition) is 2. The minimum atomic E-state index is -0.702. The molecule has 14 heavy (non-hydrogen) atoms. The zero-order valence-electron chi connectivity index (χ0n) is 7.79. The van der Waals surface area contributed by atoms with Gasteiger partial charge in [0.05, 0.1) is 11.6 Å². The fourth-order valence-corrected chi connectivity index (χ4v) is 2.33. The number of hydrogen-bond acceptors (Lipinski definition) is 2. The Kier molecular flexibility index (Phi) is 1.48. The molecule has 0 aromatic carbocycles. The van der Waals surface area contributed by atoms with Crippen LogP contribution in [0.4, 0.5) is 0 Å². The highest BCUT2D eigenvalue weighted by Crippen LogP contribution is 2.46. The van der Waals surface area contributed by atoms with Crippen LogP contribution in [0.5, 0.6) is 0 Å². The lowest BCUT2D eigenvalue weighted by atomic mass is 10.00. The Morgan fingerprint density at radius 1 is 1.43 bits per heavy atom. The SMILES string of the molecule is O=C(O)C1CCc2[nH]nc(C3CC3)c21. The topological polar surface area (TPSA) is 66.0 Å². The molecule has 74 valence electrons. The van der Waals surface area contributed by atoms with Crippen LogP contribution in [0.25, 0.3) is 0 Å². The van der Waals surface area contributed by atoms with Gasteiger partial charge < -0.3 is 5.11 Å². The quantitative estimate of drug-likeness (QED) is 0.744. The lowest BCUT2D eigenvalue weighted by molar-refractivity contribution is -0.138. The molecular weight excluding hydrogens is 180 g/mol. The summed E-state index contributed by atoms with van der Waals surface area (Å²) in [5.41, 5.74) is 3.09. The maximum absolute atomic E-state index is 11.0. The van der Waals surface area contributed by atoms with Gasteiger partial charge in [-0.15, -0.1) is 0 Å². The molecule has 1 saturated carbocycles. The molecule has 0 amide bonds. The van der Waals surface area contributed by atoms with E-state index in [1.807, 2.05) is 0 Å². The summed E-state index contributed by atoms with van der Waals surface area (Å²) in [6, 6.07) is 0. The molecule has 0 spiro atoms. The van der Waals surface area contributed by atoms with Crippen LogP contribution in [0, 0.1) is 0 Å². The maximum atomic E-state index is 11.0. The summed E-state index contributed by atoms with van der Waals surface area (Å²) in [6.45, 7) is 0. The number of H-pyrrole nitrogens is 1. The highest BCUT2D eigenvalue weighted by atomic mass is 16.4. The van der Waals surface area contributed by atoms with E-state index < -0.39 is 5.97 Å². The van der Waals surface area contributed by atoms with Crippen LogP contribution >= 0.6 is 0 Å². The van der Waals surface area contributed by atoms with E-state index in [9.17, 15) is 4.79 Å². The lowest BCUT2D eigenvalue weighted by Crippen LogP contribution is -2.09. The van der Waals surface area contributed by atoms with Crippen molar-refractivity contribution in [3.05, 3.63) is 17.0 Å². The number of nitrogens with zero attached hydrogens (tertiary/aromatic N) is 1. The van der Waals surface area contributed by atoms with Crippen molar-refractivity contribution in [3.63, 3.8) is 0 Å². The van der Waals surface area contributed by atoms with Crippen molar-refractivity contribution in [3.8, 4) is 0 Å². The molecule has 2 N–H and O–H groups in total. The van der Waals surface area contributed by atoms with Crippen molar-refractivity contribution >= 4 is 5.97 Å². The number of fused-ring (bicyclic) bond motifs is 1. The van der Waals surface area contributed by atoms with Gasteiger partial charge in [-0.25, -0.2) is 0 Å². The third kappa shape index (κ3) is 0.997. The molecule has 0 aliphatic heterocycles. The number of aromatic amines is 1. The van der Waals surface area contributed by atoms with Crippen molar-refractivity contribution in [1.82, 2.24) is 10.2 Å². The standard InChI is InChI=1S/C10H12N2O2/c13-10(14)6-3-4-7-8(6)9(12-11-7)5-1-2-5/h5-6H,1-4H2,(H,11,12)(H,13,14). The molecule has 4 nitrogen and oxygen atoms in total. The van der Waals surface area contributed by atoms with Crippen LogP contribution in [0.2, 0.25) is 0 Å². The summed E-state index contributed by atoms with van der Waals surface area (Å²) in [7, 11) is 0. The molecule has 1 unspecified atom stereocenters. The predicted octanol–water partition coefficient (Wildman–Crippen LogP) is 1.40. The number of aliphatic carboxylic acids is 1. The highest BCUT2D eigenvalue weighted by Gasteiger charge is 2.38. The molecule has 0 saturated heterocycles. The Morgan fingerprint density at radius 2 is 2.21 bits per heavy atom. The van der Waals surface area contributed by atoms with E-state index in [4.69, 9.17) is 5.11 Å². The first kappa shape index (κ1) is 8.03. The molecule has 1 fully saturated rings. The average Bonchev–Trinajstić information content (AvgIpc) is 2.77. The largest absolute Gasteiger partial charge is 0.481 e. The van der Waals surface area contributed by atoms with Crippen LogP contribution in [0.1, 0.15) is 48.0 Å². The molecule has 2 aliphatic carbocycles. The zero-order chi connectivity index (χ0) is 9.71. The van der Waals surface area contributed by atoms with E-state index in [0.717, 1.165) is 29.8 Å². The second-order valence-corrected chi connectivity index (χ2v) is 4.20. The third-order valence-corrected chi connectivity index (χ3v) is 3.21. The molecule has 1 heterocycles. The number of carboxylic acids is 1. The van der Waals surface area contributed by atoms with Crippen molar-refractivity contribution in [1.29, 1.82) is 0 Å². The van der Waals surface area contributed by atoms with Crippen molar-refractivity contribution in [2.75, 3.05) is 0 Å². The number of carboxylic acid groups (broad SMARTS) is 1. The first-order chi connectivity index (χ1) is 6.77. The monoisotopic (exact) mass is 192 g/mol. The van der Waals surface area contributed by atoms with E-state index >= 15 is 0 Å². The van der Waals surface area contributed by atoms with Gasteiger partial charge in [0.1, 0.15) is 0 Å². The third-order valence-electron chi connectivity index (χ3n) is 3.21. The molecular formula is C10H12N2O2. The smallest absolute Gasteiger partial charge is 0.311 e. The Morgan fingerprint density at radius 3 is 2.86 bits per heavy atom. The Hall–Kier alpha value is -1.32. The molecule has 0 bridgehead atoms. The summed E-state index contributed by atoms with van der Waals surface area (Å²) in [4.78, 5) is 11.0. The van der Waals surface area contributed by atoms with Crippen LogP contribution in [-0.2, 0) is 11.2 Å². The van der Waals surface area contributed by atoms with Gasteiger partial charge in [0.25, 0.3) is 0 Å². The summed E-state index contributed by atoms with van der Waals surface area (Å²) in [5, 5.41) is 16.3. The minimum Gasteiger partial charge on any atom is -0.481 e. The number of rotatable bonds is 2. The van der Waals surface area contributed by atoms with Gasteiger partial charge in [0.2, 0.25) is 0 Å². The van der Waals surface area contributed by atoms with Gasteiger partial charge in [-0.3, -0.25) is 9.89 Å². The zero-order valence-corrected chi connectivity index (χ0v) is 7.79. The molecule has 0 radical (unpaired) electrons. The van der Waals surface area contributed by atoms with Crippen molar-refractivity contribution in [2.24, 2.45) is 0 Å². The van der Waals surface area contributed by atoms with E-state index in [0.29, 0.717) is 5.92 Å². The summed E-state index contributed by atoms with van der Waals surface area (Å²) >= 11 is 0. The van der Waals surface area contributed by atoms with Crippen molar-refractivity contribution in [2.45, 2.75) is 37.5 Å². The Bertz CT molecular complexity index is 393. The first-order valence-electron chi connectivity index (χ1n) is 5.07. The van der Waals surface area contributed by atoms with Crippen LogP contribution < -0.4 is 0 Å². The van der Waals surface area contributed by atoms with Gasteiger partial charge in [0.15, 0.2) is 0 Å². The molecule has 4 heteroatoms. The van der Waals surface area contributed by atoms with Crippen LogP contribution in [0.3, 0.4) is 0 Å². The van der Waals surface area contributed by atoms with E-state index in [1.54, 1.807) is 0 Å². The average molecular weight is 192 g/mol. The summed E-state index contributed by atoms with van der Waals surface area (Å²) < 4.78 is 0. The van der Waals surface area contributed by atoms with Gasteiger partial charge in [-0.05, 0) is 25.7 Å². The number of carbonyl (C=O) groups is 1. The van der Waals surface area contributed by atoms with E-state index in [-0.39, 0.29) is 5.92 Å². The van der Waals surface area contributed by atoms with Crippen molar-refractivity contribution < 1.29 is 9.90 Å². The normalized spacial score (nSPS) is 25.0.